The van der Waals surface area contributed by atoms with Crippen LogP contribution in [0.1, 0.15) is 17.5 Å². The maximum absolute atomic E-state index is 12.2. The highest BCUT2D eigenvalue weighted by Crippen LogP contribution is 2.22. The van der Waals surface area contributed by atoms with E-state index in [1.54, 1.807) is 24.3 Å². The van der Waals surface area contributed by atoms with E-state index in [1.807, 2.05) is 32.0 Å². The first-order valence-corrected chi connectivity index (χ1v) is 10.00. The Labute approximate surface area is 153 Å². The van der Waals surface area contributed by atoms with Gasteiger partial charge in [-0.15, -0.1) is 0 Å². The Hall–Kier alpha value is -2.05. The third kappa shape index (κ3) is 5.47. The monoisotopic (exact) mass is 380 g/mol. The molecule has 0 saturated carbocycles. The van der Waals surface area contributed by atoms with E-state index < -0.39 is 10.0 Å². The molecule has 0 unspecified atom stereocenters. The predicted octanol–water partition coefficient (Wildman–Crippen LogP) is 3.75. The summed E-state index contributed by atoms with van der Waals surface area (Å²) in [5, 5.41) is 3.26. The van der Waals surface area contributed by atoms with Crippen LogP contribution in [0, 0.1) is 13.8 Å². The standard InChI is InChI=1S/C18H21ClN2O3S/c1-13-7-8-17(14(2)11-13)20-18(22)9-10-21(25(3,23)24)16-6-4-5-15(19)12-16/h4-8,11-12H,9-10H2,1-3H3,(H,20,22). The number of carbonyl (C=O) groups is 1. The predicted molar refractivity (Wildman–Crippen MR) is 103 cm³/mol. The molecule has 0 aliphatic carbocycles. The average molecular weight is 381 g/mol. The molecule has 2 aromatic carbocycles. The first-order chi connectivity index (χ1) is 11.7. The van der Waals surface area contributed by atoms with E-state index in [-0.39, 0.29) is 18.9 Å². The van der Waals surface area contributed by atoms with Crippen LogP contribution in [0.5, 0.6) is 0 Å². The lowest BCUT2D eigenvalue weighted by molar-refractivity contribution is -0.116. The SMILES string of the molecule is Cc1ccc(NC(=O)CCN(c2cccc(Cl)c2)S(C)(=O)=O)c(C)c1. The van der Waals surface area contributed by atoms with Gasteiger partial charge in [0.15, 0.2) is 0 Å². The van der Waals surface area contributed by atoms with E-state index in [4.69, 9.17) is 11.6 Å². The molecular formula is C18H21ClN2O3S. The maximum atomic E-state index is 12.2. The molecule has 0 saturated heterocycles. The number of sulfonamides is 1. The fraction of sp³-hybridized carbons (Fsp3) is 0.278. The second-order valence-electron chi connectivity index (χ2n) is 5.93. The highest BCUT2D eigenvalue weighted by Gasteiger charge is 2.19. The molecule has 0 atom stereocenters. The van der Waals surface area contributed by atoms with Crippen molar-refractivity contribution in [3.05, 3.63) is 58.6 Å². The number of hydrogen-bond acceptors (Lipinski definition) is 3. The van der Waals surface area contributed by atoms with Crippen molar-refractivity contribution in [3.8, 4) is 0 Å². The van der Waals surface area contributed by atoms with Crippen LogP contribution in [0.15, 0.2) is 42.5 Å². The third-order valence-electron chi connectivity index (χ3n) is 3.69. The molecule has 25 heavy (non-hydrogen) atoms. The lowest BCUT2D eigenvalue weighted by atomic mass is 10.1. The van der Waals surface area contributed by atoms with Gasteiger partial charge in [-0.05, 0) is 43.7 Å². The summed E-state index contributed by atoms with van der Waals surface area (Å²) in [4.78, 5) is 12.2. The first kappa shape index (κ1) is 19.3. The molecule has 0 aliphatic heterocycles. The Morgan fingerprint density at radius 1 is 1.16 bits per heavy atom. The zero-order valence-electron chi connectivity index (χ0n) is 14.4. The van der Waals surface area contributed by atoms with Crippen LogP contribution in [0.3, 0.4) is 0 Å². The molecule has 2 aromatic rings. The Kier molecular flexibility index (Phi) is 6.08. The van der Waals surface area contributed by atoms with Gasteiger partial charge in [-0.3, -0.25) is 9.10 Å². The molecule has 2 rings (SSSR count). The summed E-state index contributed by atoms with van der Waals surface area (Å²) < 4.78 is 25.3. The first-order valence-electron chi connectivity index (χ1n) is 7.77. The number of amides is 1. The van der Waals surface area contributed by atoms with E-state index in [9.17, 15) is 13.2 Å². The summed E-state index contributed by atoms with van der Waals surface area (Å²) in [6.45, 7) is 3.93. The summed E-state index contributed by atoms with van der Waals surface area (Å²) in [6.07, 6.45) is 1.14. The van der Waals surface area contributed by atoms with Crippen LogP contribution in [0.2, 0.25) is 5.02 Å². The molecule has 0 aromatic heterocycles. The number of aryl methyl sites for hydroxylation is 2. The van der Waals surface area contributed by atoms with E-state index in [0.29, 0.717) is 10.7 Å². The Balaban J connectivity index is 2.09. The van der Waals surface area contributed by atoms with Crippen molar-refractivity contribution in [2.24, 2.45) is 0 Å². The van der Waals surface area contributed by atoms with Gasteiger partial charge in [0, 0.05) is 23.7 Å². The molecule has 0 spiro atoms. The topological polar surface area (TPSA) is 66.5 Å². The van der Waals surface area contributed by atoms with Crippen LogP contribution in [-0.2, 0) is 14.8 Å². The van der Waals surface area contributed by atoms with Crippen LogP contribution in [-0.4, -0.2) is 27.1 Å². The minimum absolute atomic E-state index is 0.0346. The highest BCUT2D eigenvalue weighted by molar-refractivity contribution is 7.92. The summed E-state index contributed by atoms with van der Waals surface area (Å²) in [7, 11) is -3.52. The number of carbonyl (C=O) groups excluding carboxylic acids is 1. The van der Waals surface area contributed by atoms with Gasteiger partial charge in [0.05, 0.1) is 11.9 Å². The smallest absolute Gasteiger partial charge is 0.232 e. The summed E-state index contributed by atoms with van der Waals surface area (Å²) >= 11 is 5.94. The molecule has 7 heteroatoms. The Bertz CT molecular complexity index is 882. The van der Waals surface area contributed by atoms with Crippen molar-refractivity contribution < 1.29 is 13.2 Å². The van der Waals surface area contributed by atoms with Gasteiger partial charge >= 0.3 is 0 Å². The summed E-state index contributed by atoms with van der Waals surface area (Å²) in [6, 6.07) is 12.3. The van der Waals surface area contributed by atoms with E-state index in [0.717, 1.165) is 23.1 Å². The van der Waals surface area contributed by atoms with Crippen LogP contribution in [0.25, 0.3) is 0 Å². The second kappa shape index (κ2) is 7.89. The summed E-state index contributed by atoms with van der Waals surface area (Å²) in [5.74, 6) is -0.248. The fourth-order valence-electron chi connectivity index (χ4n) is 2.49. The number of rotatable bonds is 6. The van der Waals surface area contributed by atoms with E-state index in [2.05, 4.69) is 5.32 Å². The lowest BCUT2D eigenvalue weighted by Gasteiger charge is -2.22. The largest absolute Gasteiger partial charge is 0.326 e. The zero-order chi connectivity index (χ0) is 18.6. The molecule has 5 nitrogen and oxygen atoms in total. The minimum atomic E-state index is -3.52. The van der Waals surface area contributed by atoms with Crippen molar-refractivity contribution >= 4 is 38.9 Å². The maximum Gasteiger partial charge on any atom is 0.232 e. The van der Waals surface area contributed by atoms with Crippen molar-refractivity contribution in [1.82, 2.24) is 0 Å². The minimum Gasteiger partial charge on any atom is -0.326 e. The van der Waals surface area contributed by atoms with Gasteiger partial charge in [0.25, 0.3) is 0 Å². The number of anilines is 2. The van der Waals surface area contributed by atoms with Gasteiger partial charge in [-0.1, -0.05) is 35.4 Å². The molecule has 134 valence electrons. The van der Waals surface area contributed by atoms with E-state index in [1.165, 1.54) is 4.31 Å². The number of halogens is 1. The molecule has 0 aliphatic rings. The van der Waals surface area contributed by atoms with Gasteiger partial charge in [0.2, 0.25) is 15.9 Å². The number of nitrogens with one attached hydrogen (secondary N) is 1. The van der Waals surface area contributed by atoms with Crippen LogP contribution in [0.4, 0.5) is 11.4 Å². The quantitative estimate of drug-likeness (QED) is 0.829. The Morgan fingerprint density at radius 3 is 2.48 bits per heavy atom. The number of nitrogens with zero attached hydrogens (tertiary/aromatic N) is 1. The lowest BCUT2D eigenvalue weighted by Crippen LogP contribution is -2.33. The number of hydrogen-bond donors (Lipinski definition) is 1. The second-order valence-corrected chi connectivity index (χ2v) is 8.27. The van der Waals surface area contributed by atoms with Crippen LogP contribution >= 0.6 is 11.6 Å². The zero-order valence-corrected chi connectivity index (χ0v) is 16.0. The van der Waals surface area contributed by atoms with Crippen molar-refractivity contribution in [2.45, 2.75) is 20.3 Å². The molecule has 0 bridgehead atoms. The molecule has 1 N–H and O–H groups in total. The van der Waals surface area contributed by atoms with Gasteiger partial charge < -0.3 is 5.32 Å². The molecule has 0 radical (unpaired) electrons. The fourth-order valence-corrected chi connectivity index (χ4v) is 3.59. The van der Waals surface area contributed by atoms with Crippen molar-refractivity contribution in [3.63, 3.8) is 0 Å². The molecular weight excluding hydrogens is 360 g/mol. The summed E-state index contributed by atoms with van der Waals surface area (Å²) in [5.41, 5.74) is 3.24. The molecule has 0 fully saturated rings. The van der Waals surface area contributed by atoms with Gasteiger partial charge in [-0.25, -0.2) is 8.42 Å². The van der Waals surface area contributed by atoms with Crippen molar-refractivity contribution in [2.75, 3.05) is 22.4 Å². The average Bonchev–Trinajstić information content (AvgIpc) is 2.49. The van der Waals surface area contributed by atoms with Crippen LogP contribution < -0.4 is 9.62 Å². The highest BCUT2D eigenvalue weighted by atomic mass is 35.5. The van der Waals surface area contributed by atoms with Crippen molar-refractivity contribution in [1.29, 1.82) is 0 Å². The molecule has 0 heterocycles. The van der Waals surface area contributed by atoms with Gasteiger partial charge in [0.1, 0.15) is 0 Å². The normalized spacial score (nSPS) is 11.2. The molecule has 1 amide bonds. The van der Waals surface area contributed by atoms with E-state index >= 15 is 0 Å². The number of benzene rings is 2. The van der Waals surface area contributed by atoms with Gasteiger partial charge in [-0.2, -0.15) is 0 Å². The third-order valence-corrected chi connectivity index (χ3v) is 5.12. The Morgan fingerprint density at radius 2 is 1.88 bits per heavy atom.